The molecule has 0 bridgehead atoms. The smallest absolute Gasteiger partial charge is 0.342 e. The van der Waals surface area contributed by atoms with Crippen LogP contribution in [0.3, 0.4) is 0 Å². The third-order valence-corrected chi connectivity index (χ3v) is 4.24. The highest BCUT2D eigenvalue weighted by atomic mass is 79.9. The molecule has 0 saturated heterocycles. The lowest BCUT2D eigenvalue weighted by Gasteiger charge is -2.16. The third kappa shape index (κ3) is 4.35. The molecule has 0 aliphatic carbocycles. The van der Waals surface area contributed by atoms with Gasteiger partial charge in [0.2, 0.25) is 5.78 Å². The Balaban J connectivity index is 2.23. The molecule has 0 amide bonds. The summed E-state index contributed by atoms with van der Waals surface area (Å²) in [4.78, 5) is 25.0. The van der Waals surface area contributed by atoms with Crippen LogP contribution in [0.1, 0.15) is 27.6 Å². The number of halogens is 1. The van der Waals surface area contributed by atoms with Gasteiger partial charge in [0.25, 0.3) is 0 Å². The van der Waals surface area contributed by atoms with Crippen LogP contribution in [0.4, 0.5) is 0 Å². The number of benzene rings is 2. The number of ether oxygens (including phenoxy) is 4. The fourth-order valence-corrected chi connectivity index (χ4v) is 2.58. The number of methoxy groups -OCH3 is 3. The van der Waals surface area contributed by atoms with Gasteiger partial charge in [-0.2, -0.15) is 0 Å². The molecule has 0 N–H and O–H groups in total. The molecule has 0 radical (unpaired) electrons. The maximum atomic E-state index is 12.5. The molecular formula is C19H19BrO6. The Hall–Kier alpha value is -2.54. The number of hydrogen-bond donors (Lipinski definition) is 0. The molecular weight excluding hydrogens is 404 g/mol. The number of rotatable bonds is 7. The van der Waals surface area contributed by atoms with Crippen LogP contribution < -0.4 is 14.2 Å². The second kappa shape index (κ2) is 8.71. The second-order valence-corrected chi connectivity index (χ2v) is 6.24. The molecule has 138 valence electrons. The van der Waals surface area contributed by atoms with Crippen molar-refractivity contribution in [2.45, 2.75) is 13.0 Å². The van der Waals surface area contributed by atoms with Gasteiger partial charge < -0.3 is 18.9 Å². The average molecular weight is 423 g/mol. The van der Waals surface area contributed by atoms with Gasteiger partial charge in [-0.25, -0.2) is 4.79 Å². The Morgan fingerprint density at radius 3 is 1.96 bits per heavy atom. The van der Waals surface area contributed by atoms with Gasteiger partial charge in [0.05, 0.1) is 21.3 Å². The lowest BCUT2D eigenvalue weighted by molar-refractivity contribution is 0.0315. The van der Waals surface area contributed by atoms with Crippen molar-refractivity contribution in [2.75, 3.05) is 21.3 Å². The summed E-state index contributed by atoms with van der Waals surface area (Å²) in [6.45, 7) is 1.52. The van der Waals surface area contributed by atoms with Gasteiger partial charge in [0, 0.05) is 22.2 Å². The van der Waals surface area contributed by atoms with Gasteiger partial charge in [-0.15, -0.1) is 0 Å². The van der Waals surface area contributed by atoms with E-state index in [-0.39, 0.29) is 17.1 Å². The third-order valence-electron chi connectivity index (χ3n) is 3.71. The van der Waals surface area contributed by atoms with Crippen LogP contribution >= 0.6 is 15.9 Å². The summed E-state index contributed by atoms with van der Waals surface area (Å²) in [6, 6.07) is 9.80. The molecule has 1 unspecified atom stereocenters. The van der Waals surface area contributed by atoms with Crippen molar-refractivity contribution in [1.82, 2.24) is 0 Å². The van der Waals surface area contributed by atoms with E-state index in [1.165, 1.54) is 40.4 Å². The second-order valence-electron chi connectivity index (χ2n) is 5.33. The fourth-order valence-electron chi connectivity index (χ4n) is 2.32. The Morgan fingerprint density at radius 2 is 1.42 bits per heavy atom. The highest BCUT2D eigenvalue weighted by molar-refractivity contribution is 9.10. The van der Waals surface area contributed by atoms with Crippen LogP contribution in [-0.4, -0.2) is 39.2 Å². The SMILES string of the molecule is COc1cc(OC)c(C(=O)OC(C)C(=O)c2ccc(Br)cc2)cc1OC. The normalized spacial score (nSPS) is 11.4. The molecule has 0 aliphatic rings. The van der Waals surface area contributed by atoms with Gasteiger partial charge in [0.15, 0.2) is 17.6 Å². The maximum absolute atomic E-state index is 12.5. The van der Waals surface area contributed by atoms with E-state index >= 15 is 0 Å². The maximum Gasteiger partial charge on any atom is 0.342 e. The predicted molar refractivity (Wildman–Crippen MR) is 99.4 cm³/mol. The van der Waals surface area contributed by atoms with Crippen LogP contribution in [0, 0.1) is 0 Å². The predicted octanol–water partition coefficient (Wildman–Crippen LogP) is 3.90. The number of esters is 1. The monoisotopic (exact) mass is 422 g/mol. The van der Waals surface area contributed by atoms with E-state index in [1.54, 1.807) is 24.3 Å². The minimum Gasteiger partial charge on any atom is -0.496 e. The molecule has 0 fully saturated rings. The number of hydrogen-bond acceptors (Lipinski definition) is 6. The number of Topliss-reactive ketones (excluding diaryl/α,β-unsaturated/α-hetero) is 1. The van der Waals surface area contributed by atoms with Crippen LogP contribution in [0.25, 0.3) is 0 Å². The van der Waals surface area contributed by atoms with Crippen molar-refractivity contribution in [3.63, 3.8) is 0 Å². The largest absolute Gasteiger partial charge is 0.496 e. The van der Waals surface area contributed by atoms with Crippen LogP contribution in [0.5, 0.6) is 17.2 Å². The minimum absolute atomic E-state index is 0.139. The molecule has 0 saturated carbocycles. The van der Waals surface area contributed by atoms with Crippen molar-refractivity contribution in [2.24, 2.45) is 0 Å². The van der Waals surface area contributed by atoms with Crippen molar-refractivity contribution in [1.29, 1.82) is 0 Å². The molecule has 1 atom stereocenters. The minimum atomic E-state index is -0.957. The molecule has 0 aromatic heterocycles. The van der Waals surface area contributed by atoms with E-state index in [0.717, 1.165) is 4.47 Å². The zero-order chi connectivity index (χ0) is 19.3. The van der Waals surface area contributed by atoms with Crippen LogP contribution in [0.15, 0.2) is 40.9 Å². The summed E-state index contributed by atoms with van der Waals surface area (Å²) in [7, 11) is 4.36. The Kier molecular flexibility index (Phi) is 6.63. The molecule has 0 aliphatic heterocycles. The zero-order valence-corrected chi connectivity index (χ0v) is 16.5. The molecule has 7 heteroatoms. The zero-order valence-electron chi connectivity index (χ0n) is 14.9. The summed E-state index contributed by atoms with van der Waals surface area (Å²) in [6.07, 6.45) is -0.957. The molecule has 2 aromatic rings. The molecule has 2 aromatic carbocycles. The van der Waals surface area contributed by atoms with Gasteiger partial charge in [-0.3, -0.25) is 4.79 Å². The topological polar surface area (TPSA) is 71.1 Å². The summed E-state index contributed by atoms with van der Waals surface area (Å²) in [5.41, 5.74) is 0.591. The molecule has 2 rings (SSSR count). The average Bonchev–Trinajstić information content (AvgIpc) is 2.66. The summed E-state index contributed by atoms with van der Waals surface area (Å²) < 4.78 is 21.8. The van der Waals surface area contributed by atoms with E-state index < -0.39 is 12.1 Å². The lowest BCUT2D eigenvalue weighted by Crippen LogP contribution is -2.24. The number of carbonyl (C=O) groups excluding carboxylic acids is 2. The van der Waals surface area contributed by atoms with E-state index in [1.807, 2.05) is 0 Å². The first kappa shape index (κ1) is 19.8. The first-order chi connectivity index (χ1) is 12.4. The van der Waals surface area contributed by atoms with E-state index in [2.05, 4.69) is 15.9 Å². The van der Waals surface area contributed by atoms with Crippen LogP contribution in [-0.2, 0) is 4.74 Å². The summed E-state index contributed by atoms with van der Waals surface area (Å²) >= 11 is 3.31. The highest BCUT2D eigenvalue weighted by Gasteiger charge is 2.24. The summed E-state index contributed by atoms with van der Waals surface area (Å²) in [5.74, 6) is 0.0361. The first-order valence-electron chi connectivity index (χ1n) is 7.72. The van der Waals surface area contributed by atoms with Crippen molar-refractivity contribution in [3.8, 4) is 17.2 Å². The number of carbonyl (C=O) groups is 2. The first-order valence-corrected chi connectivity index (χ1v) is 8.51. The Morgan fingerprint density at radius 1 is 0.885 bits per heavy atom. The van der Waals surface area contributed by atoms with Gasteiger partial charge in [-0.1, -0.05) is 28.1 Å². The van der Waals surface area contributed by atoms with Crippen LogP contribution in [0.2, 0.25) is 0 Å². The Bertz CT molecular complexity index is 800. The summed E-state index contributed by atoms with van der Waals surface area (Å²) in [5, 5.41) is 0. The standard InChI is InChI=1S/C19H19BrO6/c1-11(18(21)12-5-7-13(20)8-6-12)26-19(22)14-9-16(24-3)17(25-4)10-15(14)23-2/h5-11H,1-4H3. The van der Waals surface area contributed by atoms with Gasteiger partial charge in [-0.05, 0) is 19.1 Å². The Labute approximate surface area is 160 Å². The van der Waals surface area contributed by atoms with Crippen molar-refractivity contribution < 1.29 is 28.5 Å². The van der Waals surface area contributed by atoms with E-state index in [4.69, 9.17) is 18.9 Å². The quantitative estimate of drug-likeness (QED) is 0.497. The van der Waals surface area contributed by atoms with Gasteiger partial charge in [0.1, 0.15) is 11.3 Å². The van der Waals surface area contributed by atoms with Gasteiger partial charge >= 0.3 is 5.97 Å². The molecule has 6 nitrogen and oxygen atoms in total. The van der Waals surface area contributed by atoms with Crippen molar-refractivity contribution >= 4 is 27.7 Å². The van der Waals surface area contributed by atoms with Crippen molar-refractivity contribution in [3.05, 3.63) is 52.0 Å². The molecule has 0 spiro atoms. The number of ketones is 1. The van der Waals surface area contributed by atoms with E-state index in [9.17, 15) is 9.59 Å². The highest BCUT2D eigenvalue weighted by Crippen LogP contribution is 2.35. The van der Waals surface area contributed by atoms with E-state index in [0.29, 0.717) is 17.1 Å². The molecule has 26 heavy (non-hydrogen) atoms. The molecule has 0 heterocycles. The lowest BCUT2D eigenvalue weighted by atomic mass is 10.1. The fraction of sp³-hybridized carbons (Fsp3) is 0.263.